The summed E-state index contributed by atoms with van der Waals surface area (Å²) in [6, 6.07) is 0. The van der Waals surface area contributed by atoms with Gasteiger partial charge < -0.3 is 35.0 Å². The van der Waals surface area contributed by atoms with Crippen molar-refractivity contribution in [3.63, 3.8) is 0 Å². The van der Waals surface area contributed by atoms with Crippen LogP contribution in [0.1, 0.15) is 40.5 Å². The molecule has 0 aromatic rings. The van der Waals surface area contributed by atoms with E-state index in [0.717, 1.165) is 12.8 Å². The summed E-state index contributed by atoms with van der Waals surface area (Å²) < 4.78 is 11.0. The fourth-order valence-electron chi connectivity index (χ4n) is 4.34. The van der Waals surface area contributed by atoms with E-state index in [4.69, 9.17) is 9.47 Å². The Hall–Kier alpha value is -0.540. The molecule has 1 saturated carbocycles. The minimum Gasteiger partial charge on any atom is -0.394 e. The summed E-state index contributed by atoms with van der Waals surface area (Å²) in [6.07, 6.45) is -1.53. The zero-order valence-electron chi connectivity index (χ0n) is 16.0. The predicted molar refractivity (Wildman–Crippen MR) is 95.1 cm³/mol. The molecule has 0 aromatic heterocycles. The fourth-order valence-corrected chi connectivity index (χ4v) is 4.34. The third-order valence-electron chi connectivity index (χ3n) is 5.71. The van der Waals surface area contributed by atoms with E-state index in [9.17, 15) is 25.5 Å². The summed E-state index contributed by atoms with van der Waals surface area (Å²) in [4.78, 5) is 0. The molecule has 2 aliphatic rings. The molecule has 0 radical (unpaired) electrons. The molecule has 2 rings (SSSR count). The first-order valence-corrected chi connectivity index (χ1v) is 9.39. The summed E-state index contributed by atoms with van der Waals surface area (Å²) in [6.45, 7) is 7.73. The van der Waals surface area contributed by atoms with Gasteiger partial charge in [-0.1, -0.05) is 32.9 Å². The number of allylic oxidation sites excluding steroid dienone is 1. The molecule has 1 heterocycles. The van der Waals surface area contributed by atoms with E-state index in [1.807, 2.05) is 6.08 Å². The molecule has 1 aliphatic heterocycles. The van der Waals surface area contributed by atoms with Crippen LogP contribution in [0.5, 0.6) is 0 Å². The molecule has 9 unspecified atom stereocenters. The first kappa shape index (κ1) is 21.8. The highest BCUT2D eigenvalue weighted by atomic mass is 16.7. The Morgan fingerprint density at radius 3 is 2.38 bits per heavy atom. The first-order valence-electron chi connectivity index (χ1n) is 9.39. The minimum atomic E-state index is -1.44. The highest BCUT2D eigenvalue weighted by Gasteiger charge is 2.44. The predicted octanol–water partition coefficient (Wildman–Crippen LogP) is 0.181. The number of hydrogen-bond acceptors (Lipinski definition) is 7. The van der Waals surface area contributed by atoms with Crippen LogP contribution in [0, 0.1) is 17.3 Å². The summed E-state index contributed by atoms with van der Waals surface area (Å²) in [5, 5.41) is 48.9. The van der Waals surface area contributed by atoms with Crippen LogP contribution in [-0.2, 0) is 9.47 Å². The van der Waals surface area contributed by atoms with Gasteiger partial charge >= 0.3 is 0 Å². The largest absolute Gasteiger partial charge is 0.394 e. The molecule has 152 valence electrons. The second kappa shape index (κ2) is 8.65. The lowest BCUT2D eigenvalue weighted by molar-refractivity contribution is -0.306. The van der Waals surface area contributed by atoms with E-state index in [0.29, 0.717) is 5.92 Å². The molecule has 1 aliphatic carbocycles. The standard InChI is InChI=1S/C19H34O7/c1-10-7-12(21)8-19(3,4)13(10)6-5-11(2)25-18-17(24)16(23)15(22)14(9-20)26-18/h5-6,10-18,20-24H,7-9H2,1-4H3. The summed E-state index contributed by atoms with van der Waals surface area (Å²) in [7, 11) is 0. The van der Waals surface area contributed by atoms with Crippen molar-refractivity contribution in [3.8, 4) is 0 Å². The van der Waals surface area contributed by atoms with Crippen LogP contribution in [0.2, 0.25) is 0 Å². The number of hydrogen-bond donors (Lipinski definition) is 5. The van der Waals surface area contributed by atoms with Gasteiger partial charge in [0.25, 0.3) is 0 Å². The molecule has 9 atom stereocenters. The number of ether oxygens (including phenoxy) is 2. The van der Waals surface area contributed by atoms with Crippen molar-refractivity contribution in [2.45, 2.75) is 83.5 Å². The highest BCUT2D eigenvalue weighted by Crippen LogP contribution is 2.44. The van der Waals surface area contributed by atoms with E-state index in [2.05, 4.69) is 26.8 Å². The molecule has 0 spiro atoms. The molecular weight excluding hydrogens is 340 g/mol. The van der Waals surface area contributed by atoms with Gasteiger partial charge in [0.2, 0.25) is 0 Å². The third kappa shape index (κ3) is 4.84. The molecule has 26 heavy (non-hydrogen) atoms. The molecule has 1 saturated heterocycles. The van der Waals surface area contributed by atoms with Crippen molar-refractivity contribution in [1.82, 2.24) is 0 Å². The topological polar surface area (TPSA) is 120 Å². The normalized spacial score (nSPS) is 45.0. The quantitative estimate of drug-likeness (QED) is 0.436. The second-order valence-electron chi connectivity index (χ2n) is 8.51. The third-order valence-corrected chi connectivity index (χ3v) is 5.71. The molecule has 5 N–H and O–H groups in total. The average Bonchev–Trinajstić information content (AvgIpc) is 2.53. The lowest BCUT2D eigenvalue weighted by atomic mass is 9.63. The van der Waals surface area contributed by atoms with E-state index < -0.39 is 43.4 Å². The Balaban J connectivity index is 1.99. The van der Waals surface area contributed by atoms with E-state index >= 15 is 0 Å². The van der Waals surface area contributed by atoms with Gasteiger partial charge in [0, 0.05) is 0 Å². The first-order chi connectivity index (χ1) is 12.1. The lowest BCUT2D eigenvalue weighted by Gasteiger charge is -2.44. The average molecular weight is 374 g/mol. The second-order valence-corrected chi connectivity index (χ2v) is 8.51. The monoisotopic (exact) mass is 374 g/mol. The van der Waals surface area contributed by atoms with E-state index in [1.165, 1.54) is 0 Å². The van der Waals surface area contributed by atoms with Crippen LogP contribution in [-0.4, -0.2) is 75.1 Å². The van der Waals surface area contributed by atoms with Crippen molar-refractivity contribution < 1.29 is 35.0 Å². The smallest absolute Gasteiger partial charge is 0.187 e. The van der Waals surface area contributed by atoms with Gasteiger partial charge in [0.05, 0.1) is 18.8 Å². The lowest BCUT2D eigenvalue weighted by Crippen LogP contribution is -2.59. The zero-order chi connectivity index (χ0) is 19.6. The molecule has 2 fully saturated rings. The Morgan fingerprint density at radius 2 is 1.81 bits per heavy atom. The van der Waals surface area contributed by atoms with E-state index in [1.54, 1.807) is 6.92 Å². The van der Waals surface area contributed by atoms with Gasteiger partial charge in [-0.15, -0.1) is 0 Å². The SMILES string of the molecule is CC(C=CC1C(C)CC(O)CC1(C)C)OC1OC(CO)C(O)C(O)C1O. The number of aliphatic hydroxyl groups is 5. The molecule has 7 nitrogen and oxygen atoms in total. The summed E-state index contributed by atoms with van der Waals surface area (Å²) in [5.74, 6) is 0.621. The summed E-state index contributed by atoms with van der Waals surface area (Å²) >= 11 is 0. The van der Waals surface area contributed by atoms with Crippen LogP contribution in [0.4, 0.5) is 0 Å². The van der Waals surface area contributed by atoms with Gasteiger partial charge in [-0.2, -0.15) is 0 Å². The highest BCUT2D eigenvalue weighted by molar-refractivity contribution is 5.03. The maximum Gasteiger partial charge on any atom is 0.187 e. The van der Waals surface area contributed by atoms with Gasteiger partial charge in [0.15, 0.2) is 6.29 Å². The molecular formula is C19H34O7. The van der Waals surface area contributed by atoms with Crippen molar-refractivity contribution in [1.29, 1.82) is 0 Å². The van der Waals surface area contributed by atoms with E-state index in [-0.39, 0.29) is 17.4 Å². The van der Waals surface area contributed by atoms with Crippen molar-refractivity contribution in [2.75, 3.05) is 6.61 Å². The fraction of sp³-hybridized carbons (Fsp3) is 0.895. The van der Waals surface area contributed by atoms with Gasteiger partial charge in [-0.3, -0.25) is 0 Å². The Morgan fingerprint density at radius 1 is 1.15 bits per heavy atom. The molecule has 0 amide bonds. The number of rotatable bonds is 5. The molecule has 7 heteroatoms. The van der Waals surface area contributed by atoms with Crippen LogP contribution in [0.3, 0.4) is 0 Å². The van der Waals surface area contributed by atoms with Gasteiger partial charge in [-0.25, -0.2) is 0 Å². The maximum absolute atomic E-state index is 10.0. The Kier molecular flexibility index (Phi) is 7.23. The number of aliphatic hydroxyl groups excluding tert-OH is 5. The van der Waals surface area contributed by atoms with Crippen LogP contribution in [0.25, 0.3) is 0 Å². The van der Waals surface area contributed by atoms with Crippen molar-refractivity contribution >= 4 is 0 Å². The van der Waals surface area contributed by atoms with Gasteiger partial charge in [-0.05, 0) is 37.0 Å². The maximum atomic E-state index is 10.0. The van der Waals surface area contributed by atoms with Crippen molar-refractivity contribution in [2.24, 2.45) is 17.3 Å². The molecule has 0 aromatic carbocycles. The Labute approximate surface area is 155 Å². The zero-order valence-corrected chi connectivity index (χ0v) is 16.0. The summed E-state index contributed by atoms with van der Waals surface area (Å²) in [5.41, 5.74) is -0.0313. The minimum absolute atomic E-state index is 0.0313. The van der Waals surface area contributed by atoms with Crippen LogP contribution >= 0.6 is 0 Å². The Bertz CT molecular complexity index is 479. The van der Waals surface area contributed by atoms with Crippen molar-refractivity contribution in [3.05, 3.63) is 12.2 Å². The molecule has 0 bridgehead atoms. The van der Waals surface area contributed by atoms with Gasteiger partial charge in [0.1, 0.15) is 24.4 Å². The van der Waals surface area contributed by atoms with Crippen LogP contribution < -0.4 is 0 Å². The van der Waals surface area contributed by atoms with Crippen LogP contribution in [0.15, 0.2) is 12.2 Å².